The average molecular weight is 557 g/mol. The highest BCUT2D eigenvalue weighted by molar-refractivity contribution is 9.10. The molecule has 2 atom stereocenters. The Bertz CT molecular complexity index is 1130. The second-order valence-corrected chi connectivity index (χ2v) is 9.71. The van der Waals surface area contributed by atoms with Crippen molar-refractivity contribution in [2.24, 2.45) is 5.92 Å². The van der Waals surface area contributed by atoms with Gasteiger partial charge >= 0.3 is 6.03 Å². The monoisotopic (exact) mass is 555 g/mol. The number of carbonyl (C=O) groups excluding carboxylic acids is 2. The van der Waals surface area contributed by atoms with Crippen molar-refractivity contribution in [3.8, 4) is 10.6 Å². The van der Waals surface area contributed by atoms with Crippen molar-refractivity contribution in [2.45, 2.75) is 26.3 Å². The fraction of sp³-hybridized carbons (Fsp3) is 0.238. The van der Waals surface area contributed by atoms with Crippen LogP contribution in [0.15, 0.2) is 46.9 Å². The molecule has 0 fully saturated rings. The summed E-state index contributed by atoms with van der Waals surface area (Å²) in [5.74, 6) is -0.493. The quantitative estimate of drug-likeness (QED) is 0.311. The van der Waals surface area contributed by atoms with Gasteiger partial charge in [-0.3, -0.25) is 10.1 Å². The second-order valence-electron chi connectivity index (χ2n) is 7.00. The lowest BCUT2D eigenvalue weighted by atomic mass is 9.98. The van der Waals surface area contributed by atoms with Crippen LogP contribution in [0, 0.1) is 5.92 Å². The summed E-state index contributed by atoms with van der Waals surface area (Å²) in [6.07, 6.45) is 0.685. The first kappa shape index (κ1) is 24.4. The van der Waals surface area contributed by atoms with Gasteiger partial charge in [0, 0.05) is 15.7 Å². The summed E-state index contributed by atoms with van der Waals surface area (Å²) < 4.78 is 0.921. The summed E-state index contributed by atoms with van der Waals surface area (Å²) in [6, 6.07) is 11.1. The topological polar surface area (TPSA) is 96.0 Å². The molecule has 3 rings (SSSR count). The molecule has 3 N–H and O–H groups in total. The molecule has 0 aliphatic heterocycles. The van der Waals surface area contributed by atoms with Crippen molar-refractivity contribution in [2.75, 3.05) is 10.6 Å². The van der Waals surface area contributed by atoms with E-state index in [0.717, 1.165) is 10.0 Å². The summed E-state index contributed by atoms with van der Waals surface area (Å²) in [6.45, 7) is 3.83. The zero-order valence-corrected chi connectivity index (χ0v) is 21.1. The first-order valence-electron chi connectivity index (χ1n) is 9.69. The Kier molecular flexibility index (Phi) is 8.47. The van der Waals surface area contributed by atoms with Gasteiger partial charge in [-0.2, -0.15) is 0 Å². The van der Waals surface area contributed by atoms with Crippen molar-refractivity contribution in [3.63, 3.8) is 0 Å². The van der Waals surface area contributed by atoms with Gasteiger partial charge in [-0.1, -0.05) is 82.9 Å². The minimum absolute atomic E-state index is 0.118. The number of carbonyl (C=O) groups is 2. The third-order valence-corrected chi connectivity index (χ3v) is 6.81. The zero-order valence-electron chi connectivity index (χ0n) is 17.2. The van der Waals surface area contributed by atoms with E-state index in [1.165, 1.54) is 17.4 Å². The van der Waals surface area contributed by atoms with E-state index in [0.29, 0.717) is 32.3 Å². The molecular formula is C21H20BrCl2N5O2S. The van der Waals surface area contributed by atoms with Gasteiger partial charge in [0.25, 0.3) is 0 Å². The van der Waals surface area contributed by atoms with Crippen molar-refractivity contribution in [3.05, 3.63) is 57.0 Å². The van der Waals surface area contributed by atoms with Gasteiger partial charge in [0.15, 0.2) is 0 Å². The van der Waals surface area contributed by atoms with Gasteiger partial charge in [-0.25, -0.2) is 4.79 Å². The average Bonchev–Trinajstić information content (AvgIpc) is 3.22. The molecule has 168 valence electrons. The van der Waals surface area contributed by atoms with Crippen molar-refractivity contribution in [1.29, 1.82) is 0 Å². The number of nitrogens with zero attached hydrogens (tertiary/aromatic N) is 2. The molecule has 0 aliphatic rings. The van der Waals surface area contributed by atoms with Crippen LogP contribution in [0.4, 0.5) is 15.6 Å². The molecule has 0 bridgehead atoms. The number of halogens is 3. The highest BCUT2D eigenvalue weighted by atomic mass is 79.9. The predicted octanol–water partition coefficient (Wildman–Crippen LogP) is 6.45. The normalized spacial score (nSPS) is 12.7. The minimum Gasteiger partial charge on any atom is -0.326 e. The lowest BCUT2D eigenvalue weighted by molar-refractivity contribution is -0.119. The molecule has 1 aromatic heterocycles. The van der Waals surface area contributed by atoms with E-state index in [9.17, 15) is 9.59 Å². The summed E-state index contributed by atoms with van der Waals surface area (Å²) in [7, 11) is 0. The van der Waals surface area contributed by atoms with Gasteiger partial charge < -0.3 is 10.6 Å². The number of hydrogen-bond donors (Lipinski definition) is 3. The first-order valence-corrected chi connectivity index (χ1v) is 12.1. The zero-order chi connectivity index (χ0) is 23.3. The lowest BCUT2D eigenvalue weighted by Crippen LogP contribution is -2.49. The maximum atomic E-state index is 12.9. The van der Waals surface area contributed by atoms with E-state index in [-0.39, 0.29) is 11.8 Å². The Hall–Kier alpha value is -2.20. The molecule has 0 saturated heterocycles. The summed E-state index contributed by atoms with van der Waals surface area (Å²) in [4.78, 5) is 25.4. The molecule has 11 heteroatoms. The van der Waals surface area contributed by atoms with Crippen LogP contribution in [0.3, 0.4) is 0 Å². The third kappa shape index (κ3) is 6.41. The SMILES string of the molecule is CCC(C)C(NC(=O)Nc1ccc(Cl)c(Cl)c1)C(=O)Nc1nnc(-c2cccc(Br)c2)s1. The lowest BCUT2D eigenvalue weighted by Gasteiger charge is -2.23. The standard InChI is InChI=1S/C21H20BrCl2N5O2S/c1-3-11(2)17(26-20(31)25-14-7-8-15(23)16(24)10-14)18(30)27-21-29-28-19(32-21)12-5-4-6-13(22)9-12/h4-11,17H,3H2,1-2H3,(H2,25,26,31)(H,27,29,30). The van der Waals surface area contributed by atoms with Crippen molar-refractivity contribution < 1.29 is 9.59 Å². The maximum absolute atomic E-state index is 12.9. The molecule has 1 heterocycles. The van der Waals surface area contributed by atoms with Crippen LogP contribution < -0.4 is 16.0 Å². The highest BCUT2D eigenvalue weighted by Crippen LogP contribution is 2.28. The second kappa shape index (κ2) is 11.1. The van der Waals surface area contributed by atoms with Gasteiger partial charge in [-0.15, -0.1) is 10.2 Å². The third-order valence-electron chi connectivity index (χ3n) is 4.69. The van der Waals surface area contributed by atoms with E-state index in [2.05, 4.69) is 42.1 Å². The number of hydrogen-bond acceptors (Lipinski definition) is 5. The maximum Gasteiger partial charge on any atom is 0.319 e. The smallest absolute Gasteiger partial charge is 0.319 e. The Morgan fingerprint density at radius 3 is 2.56 bits per heavy atom. The molecule has 3 aromatic rings. The molecule has 2 unspecified atom stereocenters. The fourth-order valence-electron chi connectivity index (χ4n) is 2.78. The molecule has 3 amide bonds. The number of nitrogens with one attached hydrogen (secondary N) is 3. The van der Waals surface area contributed by atoms with E-state index in [4.69, 9.17) is 23.2 Å². The molecule has 2 aromatic carbocycles. The summed E-state index contributed by atoms with van der Waals surface area (Å²) >= 11 is 16.6. The van der Waals surface area contributed by atoms with Crippen LogP contribution >= 0.6 is 50.5 Å². The number of benzene rings is 2. The van der Waals surface area contributed by atoms with Crippen molar-refractivity contribution >= 4 is 73.2 Å². The van der Waals surface area contributed by atoms with Crippen LogP contribution in [0.5, 0.6) is 0 Å². The number of aromatic nitrogens is 2. The van der Waals surface area contributed by atoms with Crippen LogP contribution in [-0.4, -0.2) is 28.2 Å². The molecule has 32 heavy (non-hydrogen) atoms. The van der Waals surface area contributed by atoms with E-state index in [1.807, 2.05) is 38.1 Å². The van der Waals surface area contributed by atoms with Gasteiger partial charge in [-0.05, 0) is 36.2 Å². The molecule has 0 aliphatic carbocycles. The molecule has 7 nitrogen and oxygen atoms in total. The van der Waals surface area contributed by atoms with Crippen molar-refractivity contribution in [1.82, 2.24) is 15.5 Å². The van der Waals surface area contributed by atoms with Crippen LogP contribution in [0.1, 0.15) is 20.3 Å². The van der Waals surface area contributed by atoms with E-state index in [1.54, 1.807) is 12.1 Å². The molecule has 0 radical (unpaired) electrons. The molecule has 0 spiro atoms. The molecule has 0 saturated carbocycles. The Balaban J connectivity index is 1.68. The Morgan fingerprint density at radius 1 is 1.09 bits per heavy atom. The Morgan fingerprint density at radius 2 is 1.88 bits per heavy atom. The summed E-state index contributed by atoms with van der Waals surface area (Å²) in [5.41, 5.74) is 1.35. The highest BCUT2D eigenvalue weighted by Gasteiger charge is 2.27. The van der Waals surface area contributed by atoms with Gasteiger partial charge in [0.1, 0.15) is 11.0 Å². The largest absolute Gasteiger partial charge is 0.326 e. The minimum atomic E-state index is -0.777. The van der Waals surface area contributed by atoms with E-state index >= 15 is 0 Å². The first-order chi connectivity index (χ1) is 15.3. The molecular weight excluding hydrogens is 537 g/mol. The predicted molar refractivity (Wildman–Crippen MR) is 134 cm³/mol. The Labute approximate surface area is 208 Å². The van der Waals surface area contributed by atoms with Gasteiger partial charge in [0.2, 0.25) is 11.0 Å². The number of urea groups is 1. The number of rotatable bonds is 7. The van der Waals surface area contributed by atoms with Crippen LogP contribution in [-0.2, 0) is 4.79 Å². The summed E-state index contributed by atoms with van der Waals surface area (Å²) in [5, 5.41) is 18.1. The fourth-order valence-corrected chi connectivity index (χ4v) is 4.22. The van der Waals surface area contributed by atoms with Gasteiger partial charge in [0.05, 0.1) is 10.0 Å². The number of amides is 3. The van der Waals surface area contributed by atoms with Crippen LogP contribution in [0.25, 0.3) is 10.6 Å². The van der Waals surface area contributed by atoms with E-state index < -0.39 is 12.1 Å². The number of anilines is 2. The van der Waals surface area contributed by atoms with Crippen LogP contribution in [0.2, 0.25) is 10.0 Å².